The van der Waals surface area contributed by atoms with E-state index < -0.39 is 17.5 Å². The zero-order chi connectivity index (χ0) is 23.3. The summed E-state index contributed by atoms with van der Waals surface area (Å²) in [6.07, 6.45) is 10.4. The van der Waals surface area contributed by atoms with Crippen LogP contribution in [0.5, 0.6) is 5.75 Å². The average Bonchev–Trinajstić information content (AvgIpc) is 3.14. The zero-order valence-corrected chi connectivity index (χ0v) is 18.5. The van der Waals surface area contributed by atoms with Gasteiger partial charge in [-0.1, -0.05) is 5.57 Å². The van der Waals surface area contributed by atoms with Crippen LogP contribution in [-0.4, -0.2) is 38.0 Å². The third kappa shape index (κ3) is 6.35. The highest BCUT2D eigenvalue weighted by molar-refractivity contribution is 6.09. The van der Waals surface area contributed by atoms with Gasteiger partial charge in [-0.2, -0.15) is 5.10 Å². The molecule has 0 aromatic carbocycles. The van der Waals surface area contributed by atoms with Crippen LogP contribution in [0.25, 0.3) is 0 Å². The summed E-state index contributed by atoms with van der Waals surface area (Å²) in [5.74, 6) is 0.910. The van der Waals surface area contributed by atoms with Gasteiger partial charge in [-0.25, -0.2) is 9.78 Å². The summed E-state index contributed by atoms with van der Waals surface area (Å²) in [5.41, 5.74) is 7.27. The van der Waals surface area contributed by atoms with Gasteiger partial charge in [0.1, 0.15) is 17.3 Å². The van der Waals surface area contributed by atoms with Crippen molar-refractivity contribution >= 4 is 23.5 Å². The second-order valence-electron chi connectivity index (χ2n) is 8.11. The van der Waals surface area contributed by atoms with Crippen LogP contribution in [0.15, 0.2) is 59.3 Å². The number of aromatic nitrogens is 3. The lowest BCUT2D eigenvalue weighted by Gasteiger charge is -2.17. The summed E-state index contributed by atoms with van der Waals surface area (Å²) in [5, 5.41) is 8.86. The second-order valence-corrected chi connectivity index (χ2v) is 8.11. The Morgan fingerprint density at radius 2 is 2.00 bits per heavy atom. The van der Waals surface area contributed by atoms with E-state index in [1.54, 1.807) is 23.0 Å². The van der Waals surface area contributed by atoms with E-state index in [1.165, 1.54) is 20.0 Å². The number of nitrogens with one attached hydrogen (secondary N) is 2. The fraction of sp³-hybridized carbons (Fsp3) is 0.318. The van der Waals surface area contributed by atoms with E-state index in [2.05, 4.69) is 25.7 Å². The van der Waals surface area contributed by atoms with Crippen molar-refractivity contribution in [2.45, 2.75) is 39.2 Å². The van der Waals surface area contributed by atoms with Crippen LogP contribution in [-0.2, 0) is 11.8 Å². The Hall–Kier alpha value is -3.79. The van der Waals surface area contributed by atoms with E-state index in [1.807, 2.05) is 32.4 Å². The van der Waals surface area contributed by atoms with Gasteiger partial charge < -0.3 is 10.5 Å². The number of hydrogen-bond acceptors (Lipinski definition) is 7. The minimum absolute atomic E-state index is 0.264. The molecule has 0 fully saturated rings. The highest BCUT2D eigenvalue weighted by Gasteiger charge is 2.23. The largest absolute Gasteiger partial charge is 0.460 e. The molecule has 168 valence electrons. The first-order valence-electron chi connectivity index (χ1n) is 10.1. The van der Waals surface area contributed by atoms with Crippen molar-refractivity contribution in [2.75, 3.05) is 5.32 Å². The Balaban J connectivity index is 1.68. The smallest absolute Gasteiger partial charge is 0.327 e. The maximum atomic E-state index is 11.9. The summed E-state index contributed by atoms with van der Waals surface area (Å²) in [6, 6.07) is 2.55. The zero-order valence-electron chi connectivity index (χ0n) is 18.5. The Labute approximate surface area is 186 Å². The summed E-state index contributed by atoms with van der Waals surface area (Å²) >= 11 is 0. The van der Waals surface area contributed by atoms with Crippen molar-refractivity contribution in [1.29, 1.82) is 0 Å². The molecule has 3 heterocycles. The number of imide groups is 1. The van der Waals surface area contributed by atoms with Crippen LogP contribution in [0.4, 0.5) is 10.6 Å². The molecule has 4 N–H and O–H groups in total. The molecule has 0 saturated carbocycles. The first kappa shape index (κ1) is 22.9. The maximum Gasteiger partial charge on any atom is 0.327 e. The fourth-order valence-electron chi connectivity index (χ4n) is 2.70. The van der Waals surface area contributed by atoms with E-state index in [0.29, 0.717) is 12.2 Å². The monoisotopic (exact) mass is 437 g/mol. The number of nitrogens with zero attached hydrogens (tertiary/aromatic N) is 4. The molecule has 3 amide bonds. The van der Waals surface area contributed by atoms with Crippen LogP contribution in [0.2, 0.25) is 0 Å². The Bertz CT molecular complexity index is 1090. The molecule has 2 aromatic heterocycles. The molecule has 32 heavy (non-hydrogen) atoms. The lowest BCUT2D eigenvalue weighted by Crippen LogP contribution is -2.51. The molecule has 1 aliphatic rings. The Kier molecular flexibility index (Phi) is 6.84. The Morgan fingerprint density at radius 1 is 1.22 bits per heavy atom. The summed E-state index contributed by atoms with van der Waals surface area (Å²) in [4.78, 5) is 32.5. The van der Waals surface area contributed by atoms with Gasteiger partial charge in [-0.3, -0.25) is 25.1 Å². The quantitative estimate of drug-likeness (QED) is 0.658. The molecule has 0 bridgehead atoms. The topological polar surface area (TPSA) is 137 Å². The summed E-state index contributed by atoms with van der Waals surface area (Å²) < 4.78 is 7.75. The molecule has 3 rings (SSSR count). The first-order valence-corrected chi connectivity index (χ1v) is 10.1. The number of aryl methyl sites for hydroxylation is 1. The van der Waals surface area contributed by atoms with Gasteiger partial charge in [0, 0.05) is 37.5 Å². The molecule has 10 nitrogen and oxygen atoms in total. The van der Waals surface area contributed by atoms with Gasteiger partial charge in [0.05, 0.1) is 23.6 Å². The third-order valence-corrected chi connectivity index (χ3v) is 4.53. The minimum atomic E-state index is -1.17. The van der Waals surface area contributed by atoms with Gasteiger partial charge in [0.2, 0.25) is 5.91 Å². The number of nitrogens with two attached hydrogens (primary N) is 1. The number of pyridine rings is 1. The third-order valence-electron chi connectivity index (χ3n) is 4.53. The first-order chi connectivity index (χ1) is 15.1. The van der Waals surface area contributed by atoms with Gasteiger partial charge >= 0.3 is 6.03 Å². The van der Waals surface area contributed by atoms with Gasteiger partial charge in [-0.15, -0.1) is 0 Å². The van der Waals surface area contributed by atoms with Crippen molar-refractivity contribution in [2.24, 2.45) is 17.8 Å². The second kappa shape index (κ2) is 9.56. The number of rotatable bonds is 5. The lowest BCUT2D eigenvalue weighted by atomic mass is 10.1. The minimum Gasteiger partial charge on any atom is -0.460 e. The molecular weight excluding hydrogens is 410 g/mol. The van der Waals surface area contributed by atoms with Crippen LogP contribution < -0.4 is 21.1 Å². The molecule has 0 spiro atoms. The molecule has 0 saturated heterocycles. The summed E-state index contributed by atoms with van der Waals surface area (Å²) in [6.45, 7) is 5.04. The highest BCUT2D eigenvalue weighted by atomic mass is 16.5. The molecular formula is C22H27N7O3. The number of carbonyl (C=O) groups excluding carboxylic acids is 2. The molecule has 0 aliphatic carbocycles. The normalized spacial score (nSPS) is 14.3. The number of allylic oxidation sites excluding steroid dienone is 3. The number of carbonyl (C=O) groups is 2. The van der Waals surface area contributed by atoms with E-state index in [9.17, 15) is 9.59 Å². The number of hydrogen-bond donors (Lipinski definition) is 3. The standard InChI is InChI=1S/C22H27N7O3/c1-14-5-6-16(9-18(24-10-14)15-11-26-29(4)13-15)32-17-7-8-19(25-12-17)27-21(31)28-20(30)22(2,3)23/h7-13H,5-6,23H2,1-4H3,(H2,25,27,28,30,31). The highest BCUT2D eigenvalue weighted by Crippen LogP contribution is 2.22. The van der Waals surface area contributed by atoms with E-state index in [-0.39, 0.29) is 5.82 Å². The summed E-state index contributed by atoms with van der Waals surface area (Å²) in [7, 11) is 1.85. The SMILES string of the molecule is CC1=CN=C(c2cnn(C)c2)C=C(Oc2ccc(NC(=O)NC(=O)C(C)(C)N)nc2)CC1. The van der Waals surface area contributed by atoms with Crippen molar-refractivity contribution in [1.82, 2.24) is 20.1 Å². The van der Waals surface area contributed by atoms with Gasteiger partial charge in [0.15, 0.2) is 0 Å². The number of anilines is 1. The van der Waals surface area contributed by atoms with Crippen molar-refractivity contribution in [3.05, 3.63) is 59.9 Å². The predicted octanol–water partition coefficient (Wildman–Crippen LogP) is 2.65. The molecule has 0 radical (unpaired) electrons. The fourth-order valence-corrected chi connectivity index (χ4v) is 2.70. The predicted molar refractivity (Wildman–Crippen MR) is 121 cm³/mol. The molecule has 10 heteroatoms. The maximum absolute atomic E-state index is 11.9. The Morgan fingerprint density at radius 3 is 2.62 bits per heavy atom. The molecule has 0 atom stereocenters. The van der Waals surface area contributed by atoms with Crippen molar-refractivity contribution in [3.8, 4) is 5.75 Å². The van der Waals surface area contributed by atoms with Crippen LogP contribution in [0.3, 0.4) is 0 Å². The number of amides is 3. The lowest BCUT2D eigenvalue weighted by molar-refractivity contribution is -0.124. The van der Waals surface area contributed by atoms with Crippen molar-refractivity contribution < 1.29 is 14.3 Å². The van der Waals surface area contributed by atoms with Crippen LogP contribution >= 0.6 is 0 Å². The molecule has 2 aromatic rings. The number of urea groups is 1. The van der Waals surface area contributed by atoms with E-state index in [4.69, 9.17) is 10.5 Å². The van der Waals surface area contributed by atoms with Crippen LogP contribution in [0.1, 0.15) is 39.2 Å². The van der Waals surface area contributed by atoms with Gasteiger partial charge in [-0.05, 0) is 39.3 Å². The van der Waals surface area contributed by atoms with Gasteiger partial charge in [0.25, 0.3) is 0 Å². The van der Waals surface area contributed by atoms with Crippen molar-refractivity contribution in [3.63, 3.8) is 0 Å². The number of aliphatic imine (C=N–C) groups is 1. The number of ether oxygens (including phenoxy) is 1. The van der Waals surface area contributed by atoms with E-state index >= 15 is 0 Å². The van der Waals surface area contributed by atoms with Crippen LogP contribution in [0, 0.1) is 0 Å². The molecule has 1 aliphatic heterocycles. The average molecular weight is 438 g/mol. The van der Waals surface area contributed by atoms with E-state index in [0.717, 1.165) is 29.0 Å². The molecule has 0 unspecified atom stereocenters.